The number of nitrogen functional groups attached to an aromatic ring is 1. The number of hydrogen-bond donors (Lipinski definition) is 2. The van der Waals surface area contributed by atoms with Crippen LogP contribution in [0.15, 0.2) is 48.8 Å². The number of anilines is 1. The van der Waals surface area contributed by atoms with Gasteiger partial charge in [-0.05, 0) is 67.8 Å². The molecule has 0 bridgehead atoms. The normalized spacial score (nSPS) is 11.9. The highest BCUT2D eigenvalue weighted by Crippen LogP contribution is 2.29. The highest BCUT2D eigenvalue weighted by Gasteiger charge is 2.16. The summed E-state index contributed by atoms with van der Waals surface area (Å²) < 4.78 is 7.49. The Hall–Kier alpha value is -3.28. The molecule has 0 saturated heterocycles. The van der Waals surface area contributed by atoms with Crippen LogP contribution >= 0.6 is 0 Å². The van der Waals surface area contributed by atoms with E-state index in [1.54, 1.807) is 16.8 Å². The summed E-state index contributed by atoms with van der Waals surface area (Å²) in [5.41, 5.74) is 10.8. The summed E-state index contributed by atoms with van der Waals surface area (Å²) in [6, 6.07) is 11.1. The summed E-state index contributed by atoms with van der Waals surface area (Å²) in [5.74, 6) is 0.613. The number of carbonyl (C=O) groups excluding carboxylic acids is 1. The Morgan fingerprint density at radius 1 is 1.25 bits per heavy atom. The molecule has 28 heavy (non-hydrogen) atoms. The average molecular weight is 378 g/mol. The van der Waals surface area contributed by atoms with E-state index in [1.807, 2.05) is 58.4 Å². The van der Waals surface area contributed by atoms with Crippen LogP contribution in [0.3, 0.4) is 0 Å². The molecular formula is C22H26N4O2. The topological polar surface area (TPSA) is 82.2 Å². The molecule has 6 nitrogen and oxygen atoms in total. The van der Waals surface area contributed by atoms with Crippen molar-refractivity contribution in [1.29, 1.82) is 0 Å². The lowest BCUT2D eigenvalue weighted by Crippen LogP contribution is -2.27. The fourth-order valence-electron chi connectivity index (χ4n) is 3.10. The van der Waals surface area contributed by atoms with E-state index in [2.05, 4.69) is 16.5 Å². The van der Waals surface area contributed by atoms with Gasteiger partial charge in [0.15, 0.2) is 0 Å². The van der Waals surface area contributed by atoms with Gasteiger partial charge in [-0.2, -0.15) is 5.10 Å². The van der Waals surface area contributed by atoms with Crippen LogP contribution in [0.4, 0.5) is 5.69 Å². The van der Waals surface area contributed by atoms with Gasteiger partial charge in [0.05, 0.1) is 18.8 Å². The van der Waals surface area contributed by atoms with Crippen LogP contribution in [-0.4, -0.2) is 22.3 Å². The molecule has 1 unspecified atom stereocenters. The fraction of sp³-hybridized carbons (Fsp3) is 0.273. The van der Waals surface area contributed by atoms with E-state index in [0.29, 0.717) is 17.9 Å². The highest BCUT2D eigenvalue weighted by atomic mass is 16.5. The molecule has 3 N–H and O–H groups in total. The van der Waals surface area contributed by atoms with Crippen molar-refractivity contribution >= 4 is 11.6 Å². The molecule has 0 saturated carbocycles. The van der Waals surface area contributed by atoms with Crippen molar-refractivity contribution in [2.45, 2.75) is 26.8 Å². The molecule has 1 aromatic heterocycles. The third-order valence-electron chi connectivity index (χ3n) is 4.63. The quantitative estimate of drug-likeness (QED) is 0.638. The maximum atomic E-state index is 12.8. The van der Waals surface area contributed by atoms with Crippen molar-refractivity contribution in [2.24, 2.45) is 7.05 Å². The minimum atomic E-state index is -0.204. The van der Waals surface area contributed by atoms with Crippen LogP contribution in [0.25, 0.3) is 11.1 Å². The first kappa shape index (κ1) is 19.5. The molecule has 2 aromatic carbocycles. The van der Waals surface area contributed by atoms with E-state index in [-0.39, 0.29) is 11.9 Å². The largest absolute Gasteiger partial charge is 0.494 e. The van der Waals surface area contributed by atoms with Crippen molar-refractivity contribution in [3.05, 3.63) is 65.5 Å². The van der Waals surface area contributed by atoms with Crippen LogP contribution in [0.5, 0.6) is 5.75 Å². The maximum Gasteiger partial charge on any atom is 0.252 e. The Labute approximate surface area is 165 Å². The lowest BCUT2D eigenvalue weighted by Gasteiger charge is -2.18. The summed E-state index contributed by atoms with van der Waals surface area (Å²) in [4.78, 5) is 12.8. The molecule has 0 aliphatic rings. The minimum absolute atomic E-state index is 0.151. The first-order valence-electron chi connectivity index (χ1n) is 9.31. The number of nitrogens with one attached hydrogen (secondary N) is 1. The van der Waals surface area contributed by atoms with Crippen LogP contribution < -0.4 is 15.8 Å². The maximum absolute atomic E-state index is 12.8. The lowest BCUT2D eigenvalue weighted by molar-refractivity contribution is 0.0939. The number of ether oxygens (including phenoxy) is 1. The molecule has 6 heteroatoms. The van der Waals surface area contributed by atoms with Crippen molar-refractivity contribution < 1.29 is 9.53 Å². The fourth-order valence-corrected chi connectivity index (χ4v) is 3.10. The molecular weight excluding hydrogens is 352 g/mol. The third-order valence-corrected chi connectivity index (χ3v) is 4.63. The zero-order chi connectivity index (χ0) is 20.3. The monoisotopic (exact) mass is 378 g/mol. The van der Waals surface area contributed by atoms with Crippen LogP contribution in [0.1, 0.15) is 41.4 Å². The standard InChI is InChI=1S/C22H26N4O2/c1-5-28-20-9-16(8-17(10-20)18-12-24-26(4)13-18)15(3)25-22(27)21-11-19(23)7-6-14(21)2/h6-13,15H,5,23H2,1-4H3,(H,25,27). The summed E-state index contributed by atoms with van der Waals surface area (Å²) in [5, 5.41) is 7.31. The molecule has 0 fully saturated rings. The zero-order valence-corrected chi connectivity index (χ0v) is 16.7. The van der Waals surface area contributed by atoms with Crippen LogP contribution in [0, 0.1) is 6.92 Å². The Morgan fingerprint density at radius 2 is 2.04 bits per heavy atom. The van der Waals surface area contributed by atoms with Crippen LogP contribution in [-0.2, 0) is 7.05 Å². The molecule has 3 rings (SSSR count). The van der Waals surface area contributed by atoms with Gasteiger partial charge in [0.1, 0.15) is 5.75 Å². The van der Waals surface area contributed by atoms with E-state index in [1.165, 1.54) is 0 Å². The Balaban J connectivity index is 1.89. The third kappa shape index (κ3) is 4.34. The minimum Gasteiger partial charge on any atom is -0.494 e. The number of aryl methyl sites for hydroxylation is 2. The number of hydrogen-bond acceptors (Lipinski definition) is 4. The molecule has 0 radical (unpaired) electrons. The second-order valence-corrected chi connectivity index (χ2v) is 6.90. The predicted molar refractivity (Wildman–Crippen MR) is 111 cm³/mol. The van der Waals surface area contributed by atoms with Gasteiger partial charge >= 0.3 is 0 Å². The number of nitrogens with two attached hydrogens (primary N) is 1. The van der Waals surface area contributed by atoms with Gasteiger partial charge in [-0.1, -0.05) is 6.07 Å². The lowest BCUT2D eigenvalue weighted by atomic mass is 10.0. The van der Waals surface area contributed by atoms with Crippen molar-refractivity contribution in [2.75, 3.05) is 12.3 Å². The van der Waals surface area contributed by atoms with E-state index in [4.69, 9.17) is 10.5 Å². The van der Waals surface area contributed by atoms with Gasteiger partial charge in [0, 0.05) is 30.1 Å². The molecule has 1 atom stereocenters. The van der Waals surface area contributed by atoms with E-state index in [9.17, 15) is 4.79 Å². The summed E-state index contributed by atoms with van der Waals surface area (Å²) in [6.07, 6.45) is 3.77. The number of carbonyl (C=O) groups is 1. The number of benzene rings is 2. The van der Waals surface area contributed by atoms with Crippen LogP contribution in [0.2, 0.25) is 0 Å². The number of rotatable bonds is 6. The molecule has 0 aliphatic carbocycles. The molecule has 0 spiro atoms. The van der Waals surface area contributed by atoms with Gasteiger partial charge in [0.25, 0.3) is 5.91 Å². The SMILES string of the molecule is CCOc1cc(-c2cnn(C)c2)cc(C(C)NC(=O)c2cc(N)ccc2C)c1. The van der Waals surface area contributed by atoms with Gasteiger partial charge in [0.2, 0.25) is 0 Å². The van der Waals surface area contributed by atoms with Crippen molar-refractivity contribution in [3.63, 3.8) is 0 Å². The van der Waals surface area contributed by atoms with Gasteiger partial charge in [-0.25, -0.2) is 0 Å². The van der Waals surface area contributed by atoms with Gasteiger partial charge in [-0.15, -0.1) is 0 Å². The summed E-state index contributed by atoms with van der Waals surface area (Å²) in [7, 11) is 1.88. The van der Waals surface area contributed by atoms with Crippen molar-refractivity contribution in [1.82, 2.24) is 15.1 Å². The number of aromatic nitrogens is 2. The summed E-state index contributed by atoms with van der Waals surface area (Å²) >= 11 is 0. The van der Waals surface area contributed by atoms with Gasteiger partial charge < -0.3 is 15.8 Å². The van der Waals surface area contributed by atoms with E-state index < -0.39 is 0 Å². The number of nitrogens with zero attached hydrogens (tertiary/aromatic N) is 2. The number of amides is 1. The molecule has 1 amide bonds. The molecule has 3 aromatic rings. The Morgan fingerprint density at radius 3 is 2.71 bits per heavy atom. The molecule has 0 aliphatic heterocycles. The van der Waals surface area contributed by atoms with E-state index >= 15 is 0 Å². The average Bonchev–Trinajstić information content (AvgIpc) is 3.10. The summed E-state index contributed by atoms with van der Waals surface area (Å²) in [6.45, 7) is 6.37. The molecule has 1 heterocycles. The Bertz CT molecular complexity index is 994. The smallest absolute Gasteiger partial charge is 0.252 e. The van der Waals surface area contributed by atoms with Crippen molar-refractivity contribution in [3.8, 4) is 16.9 Å². The molecule has 146 valence electrons. The predicted octanol–water partition coefficient (Wildman–Crippen LogP) is 3.87. The Kier molecular flexibility index (Phi) is 5.68. The van der Waals surface area contributed by atoms with E-state index in [0.717, 1.165) is 28.0 Å². The zero-order valence-electron chi connectivity index (χ0n) is 16.7. The second kappa shape index (κ2) is 8.17. The van der Waals surface area contributed by atoms with Gasteiger partial charge in [-0.3, -0.25) is 9.48 Å². The highest BCUT2D eigenvalue weighted by molar-refractivity contribution is 5.96. The first-order chi connectivity index (χ1) is 13.4. The second-order valence-electron chi connectivity index (χ2n) is 6.90. The first-order valence-corrected chi connectivity index (χ1v) is 9.31.